The van der Waals surface area contributed by atoms with E-state index in [0.717, 1.165) is 18.5 Å². The molecule has 1 fully saturated rings. The van der Waals surface area contributed by atoms with Crippen LogP contribution in [0.5, 0.6) is 11.5 Å². The monoisotopic (exact) mass is 514 g/mol. The number of rotatable bonds is 10. The first-order valence-electron chi connectivity index (χ1n) is 12.9. The predicted octanol–water partition coefficient (Wildman–Crippen LogP) is 5.96. The highest BCUT2D eigenvalue weighted by Crippen LogP contribution is 2.43. The van der Waals surface area contributed by atoms with Crippen molar-refractivity contribution in [1.29, 1.82) is 0 Å². The lowest BCUT2D eigenvalue weighted by Gasteiger charge is -2.26. The Balaban J connectivity index is 1.86. The summed E-state index contributed by atoms with van der Waals surface area (Å²) in [7, 11) is 3.88. The van der Waals surface area contributed by atoms with E-state index >= 15 is 0 Å². The number of ketones is 1. The summed E-state index contributed by atoms with van der Waals surface area (Å²) >= 11 is 0. The van der Waals surface area contributed by atoms with Gasteiger partial charge in [-0.2, -0.15) is 0 Å². The number of aliphatic hydroxyl groups excluding tert-OH is 1. The number of amides is 1. The van der Waals surface area contributed by atoms with Crippen LogP contribution in [0.15, 0.2) is 78.4 Å². The highest BCUT2D eigenvalue weighted by molar-refractivity contribution is 6.51. The molecule has 198 valence electrons. The molecule has 0 radical (unpaired) electrons. The fraction of sp³-hybridized carbons (Fsp3) is 0.290. The largest absolute Gasteiger partial charge is 0.507 e. The Labute approximate surface area is 223 Å². The first-order valence-corrected chi connectivity index (χ1v) is 12.9. The smallest absolute Gasteiger partial charge is 0.300 e. The molecule has 0 spiro atoms. The molecular formula is C31H34N2O5. The Morgan fingerprint density at radius 1 is 0.868 bits per heavy atom. The van der Waals surface area contributed by atoms with Gasteiger partial charge in [0.25, 0.3) is 11.7 Å². The molecule has 1 heterocycles. The number of aliphatic hydroxyl groups is 1. The lowest BCUT2D eigenvalue weighted by atomic mass is 9.94. The van der Waals surface area contributed by atoms with Crippen molar-refractivity contribution in [2.24, 2.45) is 0 Å². The highest BCUT2D eigenvalue weighted by Gasteiger charge is 2.47. The van der Waals surface area contributed by atoms with Crippen LogP contribution in [0.2, 0.25) is 0 Å². The highest BCUT2D eigenvalue weighted by atomic mass is 16.5. The zero-order valence-corrected chi connectivity index (χ0v) is 22.3. The number of carbonyl (C=O) groups is 2. The topological polar surface area (TPSA) is 79.3 Å². The second-order valence-corrected chi connectivity index (χ2v) is 9.38. The van der Waals surface area contributed by atoms with Gasteiger partial charge in [0.05, 0.1) is 24.8 Å². The number of hydrogen-bond donors (Lipinski definition) is 1. The summed E-state index contributed by atoms with van der Waals surface area (Å²) in [6, 6.07) is 20.9. The third kappa shape index (κ3) is 5.52. The SMILES string of the molecule is CCCOc1cccc(/C(O)=C2\C(=O)C(=O)N(c3cccc(OCCC)c3)C2c2ccc(N(C)C)cc2)c1. The minimum Gasteiger partial charge on any atom is -0.507 e. The zero-order valence-electron chi connectivity index (χ0n) is 22.3. The normalized spacial score (nSPS) is 16.5. The van der Waals surface area contributed by atoms with Gasteiger partial charge in [0, 0.05) is 37.1 Å². The minimum absolute atomic E-state index is 0.0279. The van der Waals surface area contributed by atoms with E-state index in [0.29, 0.717) is 41.5 Å². The molecule has 1 saturated heterocycles. The summed E-state index contributed by atoms with van der Waals surface area (Å²) in [6.45, 7) is 5.09. The third-order valence-corrected chi connectivity index (χ3v) is 6.32. The number of nitrogens with zero attached hydrogens (tertiary/aromatic N) is 2. The van der Waals surface area contributed by atoms with Crippen molar-refractivity contribution in [3.63, 3.8) is 0 Å². The first-order chi connectivity index (χ1) is 18.3. The molecule has 0 bridgehead atoms. The summed E-state index contributed by atoms with van der Waals surface area (Å²) in [5.74, 6) is -0.511. The summed E-state index contributed by atoms with van der Waals surface area (Å²) < 4.78 is 11.5. The number of anilines is 2. The van der Waals surface area contributed by atoms with Crippen LogP contribution < -0.4 is 19.3 Å². The van der Waals surface area contributed by atoms with Gasteiger partial charge in [-0.3, -0.25) is 14.5 Å². The van der Waals surface area contributed by atoms with Gasteiger partial charge in [-0.05, 0) is 54.8 Å². The van der Waals surface area contributed by atoms with Crippen LogP contribution in [-0.4, -0.2) is 44.1 Å². The maximum atomic E-state index is 13.5. The Hall–Kier alpha value is -4.26. The maximum Gasteiger partial charge on any atom is 0.300 e. The predicted molar refractivity (Wildman–Crippen MR) is 150 cm³/mol. The van der Waals surface area contributed by atoms with E-state index in [4.69, 9.17) is 9.47 Å². The van der Waals surface area contributed by atoms with Gasteiger partial charge < -0.3 is 19.5 Å². The quantitative estimate of drug-likeness (QED) is 0.204. The van der Waals surface area contributed by atoms with Gasteiger partial charge in [0.2, 0.25) is 0 Å². The summed E-state index contributed by atoms with van der Waals surface area (Å²) in [6.07, 6.45) is 1.68. The van der Waals surface area contributed by atoms with E-state index in [1.165, 1.54) is 4.90 Å². The minimum atomic E-state index is -0.826. The molecule has 0 aliphatic carbocycles. The third-order valence-electron chi connectivity index (χ3n) is 6.32. The molecule has 1 N–H and O–H groups in total. The van der Waals surface area contributed by atoms with E-state index in [-0.39, 0.29) is 11.3 Å². The molecule has 0 saturated carbocycles. The molecule has 1 aliphatic heterocycles. The number of carbonyl (C=O) groups excluding carboxylic acids is 2. The van der Waals surface area contributed by atoms with Crippen molar-refractivity contribution in [1.82, 2.24) is 0 Å². The molecule has 1 amide bonds. The molecule has 0 aromatic heterocycles. The van der Waals surface area contributed by atoms with Crippen LogP contribution >= 0.6 is 0 Å². The van der Waals surface area contributed by atoms with Crippen LogP contribution in [0.25, 0.3) is 5.76 Å². The van der Waals surface area contributed by atoms with Gasteiger partial charge in [-0.25, -0.2) is 0 Å². The maximum absolute atomic E-state index is 13.5. The number of benzene rings is 3. The lowest BCUT2D eigenvalue weighted by molar-refractivity contribution is -0.132. The Morgan fingerprint density at radius 3 is 2.08 bits per heavy atom. The van der Waals surface area contributed by atoms with Crippen LogP contribution in [0.4, 0.5) is 11.4 Å². The molecule has 4 rings (SSSR count). The second kappa shape index (κ2) is 11.9. The van der Waals surface area contributed by atoms with E-state index in [9.17, 15) is 14.7 Å². The van der Waals surface area contributed by atoms with Gasteiger partial charge in [0.15, 0.2) is 0 Å². The zero-order chi connectivity index (χ0) is 27.2. The van der Waals surface area contributed by atoms with Crippen molar-refractivity contribution in [2.75, 3.05) is 37.1 Å². The Bertz CT molecular complexity index is 1330. The molecular weight excluding hydrogens is 480 g/mol. The molecule has 3 aromatic rings. The van der Waals surface area contributed by atoms with Gasteiger partial charge in [-0.15, -0.1) is 0 Å². The molecule has 7 heteroatoms. The Kier molecular flexibility index (Phi) is 8.36. The summed E-state index contributed by atoms with van der Waals surface area (Å²) in [4.78, 5) is 30.4. The van der Waals surface area contributed by atoms with Crippen molar-refractivity contribution < 1.29 is 24.2 Å². The van der Waals surface area contributed by atoms with E-state index in [1.54, 1.807) is 42.5 Å². The van der Waals surface area contributed by atoms with Gasteiger partial charge >= 0.3 is 0 Å². The van der Waals surface area contributed by atoms with Crippen molar-refractivity contribution in [2.45, 2.75) is 32.7 Å². The summed E-state index contributed by atoms with van der Waals surface area (Å²) in [5, 5.41) is 11.5. The average molecular weight is 515 g/mol. The van der Waals surface area contributed by atoms with E-state index < -0.39 is 17.7 Å². The van der Waals surface area contributed by atoms with Crippen LogP contribution in [0.1, 0.15) is 43.9 Å². The van der Waals surface area contributed by atoms with Crippen LogP contribution in [0.3, 0.4) is 0 Å². The molecule has 7 nitrogen and oxygen atoms in total. The van der Waals surface area contributed by atoms with E-state index in [2.05, 4.69) is 0 Å². The summed E-state index contributed by atoms with van der Waals surface area (Å²) in [5.41, 5.74) is 2.63. The van der Waals surface area contributed by atoms with Crippen molar-refractivity contribution >= 4 is 28.8 Å². The molecule has 1 atom stereocenters. The fourth-order valence-corrected chi connectivity index (χ4v) is 4.42. The van der Waals surface area contributed by atoms with Crippen LogP contribution in [0, 0.1) is 0 Å². The standard InChI is InChI=1S/C31H34N2O5/c1-5-17-37-25-11-7-9-22(19-25)29(34)27-28(21-13-15-23(16-14-21)32(3)4)33(31(36)30(27)35)24-10-8-12-26(20-24)38-18-6-2/h7-16,19-20,28,34H,5-6,17-18H2,1-4H3/b29-27+. The number of ether oxygens (including phenoxy) is 2. The fourth-order valence-electron chi connectivity index (χ4n) is 4.42. The average Bonchev–Trinajstić information content (AvgIpc) is 3.20. The molecule has 1 unspecified atom stereocenters. The molecule has 38 heavy (non-hydrogen) atoms. The lowest BCUT2D eigenvalue weighted by Crippen LogP contribution is -2.29. The second-order valence-electron chi connectivity index (χ2n) is 9.38. The molecule has 3 aromatic carbocycles. The Morgan fingerprint density at radius 2 is 1.47 bits per heavy atom. The molecule has 1 aliphatic rings. The van der Waals surface area contributed by atoms with E-state index in [1.807, 2.05) is 63.2 Å². The number of Topliss-reactive ketones (excluding diaryl/α,β-unsaturated/α-hetero) is 1. The van der Waals surface area contributed by atoms with Gasteiger partial charge in [0.1, 0.15) is 17.3 Å². The van der Waals surface area contributed by atoms with Crippen LogP contribution in [-0.2, 0) is 9.59 Å². The van der Waals surface area contributed by atoms with Crippen molar-refractivity contribution in [3.8, 4) is 11.5 Å². The van der Waals surface area contributed by atoms with Gasteiger partial charge in [-0.1, -0.05) is 44.2 Å². The number of hydrogen-bond acceptors (Lipinski definition) is 6. The first kappa shape index (κ1) is 26.8. The van der Waals surface area contributed by atoms with Crippen molar-refractivity contribution in [3.05, 3.63) is 89.5 Å².